The van der Waals surface area contributed by atoms with Gasteiger partial charge in [0.05, 0.1) is 0 Å². The third-order valence-electron chi connectivity index (χ3n) is 2.01. The number of amides is 2. The van der Waals surface area contributed by atoms with E-state index in [1.807, 2.05) is 28.8 Å². The van der Waals surface area contributed by atoms with Gasteiger partial charge in [-0.3, -0.25) is 0 Å². The van der Waals surface area contributed by atoms with Gasteiger partial charge in [0, 0.05) is 18.1 Å². The van der Waals surface area contributed by atoms with E-state index < -0.39 is 12.2 Å². The molecule has 19 heavy (non-hydrogen) atoms. The number of fused-ring (bicyclic) bond motifs is 2. The first-order valence-electron chi connectivity index (χ1n) is 5.33. The number of ether oxygens (including phenoxy) is 1. The summed E-state index contributed by atoms with van der Waals surface area (Å²) < 4.78 is 5.18. The molecule has 2 bridgehead atoms. The molecule has 1 heterocycles. The highest BCUT2D eigenvalue weighted by Gasteiger charge is 2.07. The van der Waals surface area contributed by atoms with Crippen LogP contribution in [0.5, 0.6) is 5.75 Å². The molecule has 8 heteroatoms. The molecule has 0 saturated carbocycles. The molecule has 1 aliphatic rings. The molecular formula is C11H13ClN2O5. The fourth-order valence-electron chi connectivity index (χ4n) is 1.29. The molecule has 0 atom stereocenters. The normalized spacial score (nSPS) is 10.8. The van der Waals surface area contributed by atoms with Crippen molar-refractivity contribution in [3.05, 3.63) is 28.8 Å². The van der Waals surface area contributed by atoms with Crippen LogP contribution in [0.25, 0.3) is 0 Å². The van der Waals surface area contributed by atoms with Gasteiger partial charge in [-0.2, -0.15) is 0 Å². The molecule has 0 unspecified atom stereocenters. The Balaban J connectivity index is 0.000000190. The second-order valence-corrected chi connectivity index (χ2v) is 3.98. The number of halogens is 1. The minimum absolute atomic E-state index is 0.0850. The van der Waals surface area contributed by atoms with Gasteiger partial charge < -0.3 is 25.6 Å². The van der Waals surface area contributed by atoms with E-state index in [1.54, 1.807) is 0 Å². The first-order chi connectivity index (χ1) is 8.97. The van der Waals surface area contributed by atoms with E-state index in [2.05, 4.69) is 0 Å². The Labute approximate surface area is 114 Å². The Bertz CT molecular complexity index is 428. The van der Waals surface area contributed by atoms with Gasteiger partial charge >= 0.3 is 12.2 Å². The van der Waals surface area contributed by atoms with Gasteiger partial charge in [0.25, 0.3) is 0 Å². The summed E-state index contributed by atoms with van der Waals surface area (Å²) in [6.07, 6.45) is -2.32. The molecule has 0 aliphatic carbocycles. The molecule has 2 amide bonds. The lowest BCUT2D eigenvalue weighted by Crippen LogP contribution is -2.32. The molecule has 104 valence electrons. The maximum Gasteiger partial charge on any atom is 0.404 e. The van der Waals surface area contributed by atoms with Gasteiger partial charge in [0.2, 0.25) is 0 Å². The number of rotatable bonds is 3. The van der Waals surface area contributed by atoms with Crippen molar-refractivity contribution in [3.8, 4) is 5.75 Å². The van der Waals surface area contributed by atoms with E-state index in [9.17, 15) is 9.59 Å². The largest absolute Gasteiger partial charge is 0.489 e. The standard InChI is InChI=1S/C7H5ClO.C4H8N2O4/c8-6-1-5-2-7(3-6)9-4-5;7-3(8)5-1-2-6-4(9)10/h1-3H,4H2;5-6H,1-2H2,(H,7,8)(H,9,10). The van der Waals surface area contributed by atoms with Crippen molar-refractivity contribution < 1.29 is 24.5 Å². The van der Waals surface area contributed by atoms with Gasteiger partial charge in [0.15, 0.2) is 0 Å². The Morgan fingerprint density at radius 1 is 1.16 bits per heavy atom. The molecule has 2 rings (SSSR count). The molecule has 1 aromatic rings. The maximum atomic E-state index is 9.76. The molecule has 1 aromatic carbocycles. The highest BCUT2D eigenvalue weighted by atomic mass is 35.5. The summed E-state index contributed by atoms with van der Waals surface area (Å²) in [5, 5.41) is 20.7. The zero-order chi connectivity index (χ0) is 14.3. The van der Waals surface area contributed by atoms with Crippen molar-refractivity contribution in [2.24, 2.45) is 0 Å². The average Bonchev–Trinajstić information content (AvgIpc) is 2.65. The van der Waals surface area contributed by atoms with Crippen LogP contribution < -0.4 is 15.4 Å². The highest BCUT2D eigenvalue weighted by Crippen LogP contribution is 2.26. The number of hydrogen-bond acceptors (Lipinski definition) is 3. The van der Waals surface area contributed by atoms with Crippen LogP contribution in [0.15, 0.2) is 18.2 Å². The third-order valence-corrected chi connectivity index (χ3v) is 2.23. The Morgan fingerprint density at radius 2 is 1.74 bits per heavy atom. The molecule has 0 aromatic heterocycles. The Kier molecular flexibility index (Phi) is 5.74. The Hall–Kier alpha value is -2.15. The van der Waals surface area contributed by atoms with Crippen molar-refractivity contribution in [1.29, 1.82) is 0 Å². The van der Waals surface area contributed by atoms with E-state index in [-0.39, 0.29) is 13.1 Å². The van der Waals surface area contributed by atoms with Crippen molar-refractivity contribution in [1.82, 2.24) is 10.6 Å². The first kappa shape index (κ1) is 14.9. The summed E-state index contributed by atoms with van der Waals surface area (Å²) in [7, 11) is 0. The third kappa shape index (κ3) is 6.37. The van der Waals surface area contributed by atoms with Crippen molar-refractivity contribution in [2.45, 2.75) is 6.61 Å². The van der Waals surface area contributed by atoms with Crippen molar-refractivity contribution in [2.75, 3.05) is 13.1 Å². The molecule has 4 N–H and O–H groups in total. The van der Waals surface area contributed by atoms with E-state index in [1.165, 1.54) is 0 Å². The summed E-state index contributed by atoms with van der Waals surface area (Å²) in [6, 6.07) is 5.72. The number of benzene rings is 1. The van der Waals surface area contributed by atoms with Gasteiger partial charge in [-0.15, -0.1) is 0 Å². The molecular weight excluding hydrogens is 276 g/mol. The van der Waals surface area contributed by atoms with Crippen LogP contribution in [0.4, 0.5) is 9.59 Å². The van der Waals surface area contributed by atoms with Crippen LogP contribution in [0.3, 0.4) is 0 Å². The van der Waals surface area contributed by atoms with Gasteiger partial charge in [-0.05, 0) is 23.8 Å². The lowest BCUT2D eigenvalue weighted by Gasteiger charge is -1.99. The second kappa shape index (κ2) is 7.32. The summed E-state index contributed by atoms with van der Waals surface area (Å²) >= 11 is 5.71. The van der Waals surface area contributed by atoms with Crippen molar-refractivity contribution in [3.63, 3.8) is 0 Å². The lowest BCUT2D eigenvalue weighted by molar-refractivity contribution is 0.189. The minimum Gasteiger partial charge on any atom is -0.489 e. The lowest BCUT2D eigenvalue weighted by atomic mass is 10.2. The summed E-state index contributed by atoms with van der Waals surface area (Å²) in [5.41, 5.74) is 1.16. The first-order valence-corrected chi connectivity index (χ1v) is 5.71. The van der Waals surface area contributed by atoms with Crippen LogP contribution in [0, 0.1) is 0 Å². The van der Waals surface area contributed by atoms with Gasteiger partial charge in [0.1, 0.15) is 12.4 Å². The maximum absolute atomic E-state index is 9.76. The number of carbonyl (C=O) groups is 2. The number of nitrogens with one attached hydrogen (secondary N) is 2. The van der Waals surface area contributed by atoms with Crippen molar-refractivity contribution >= 4 is 23.8 Å². The molecule has 0 spiro atoms. The monoisotopic (exact) mass is 288 g/mol. The summed E-state index contributed by atoms with van der Waals surface area (Å²) in [5.74, 6) is 0.887. The smallest absolute Gasteiger partial charge is 0.404 e. The predicted molar refractivity (Wildman–Crippen MR) is 67.8 cm³/mol. The Morgan fingerprint density at radius 3 is 2.21 bits per heavy atom. The van der Waals surface area contributed by atoms with E-state index in [0.29, 0.717) is 6.61 Å². The van der Waals surface area contributed by atoms with Crippen LogP contribution >= 0.6 is 11.6 Å². The van der Waals surface area contributed by atoms with E-state index in [0.717, 1.165) is 16.3 Å². The fraction of sp³-hybridized carbons (Fsp3) is 0.273. The highest BCUT2D eigenvalue weighted by molar-refractivity contribution is 6.30. The van der Waals surface area contributed by atoms with Crippen LogP contribution in [0.1, 0.15) is 5.56 Å². The minimum atomic E-state index is -1.16. The van der Waals surface area contributed by atoms with Gasteiger partial charge in [-0.25, -0.2) is 9.59 Å². The fourth-order valence-corrected chi connectivity index (χ4v) is 1.54. The van der Waals surface area contributed by atoms with Crippen LogP contribution in [-0.4, -0.2) is 35.5 Å². The van der Waals surface area contributed by atoms with E-state index >= 15 is 0 Å². The second-order valence-electron chi connectivity index (χ2n) is 3.55. The summed E-state index contributed by atoms with van der Waals surface area (Å²) in [6.45, 7) is 0.852. The summed E-state index contributed by atoms with van der Waals surface area (Å²) in [4.78, 5) is 19.5. The zero-order valence-corrected chi connectivity index (χ0v) is 10.6. The molecule has 0 radical (unpaired) electrons. The topological polar surface area (TPSA) is 108 Å². The SMILES string of the molecule is Clc1cc2cc(c1)OC2.O=C(O)NCCNC(=O)O. The van der Waals surface area contributed by atoms with Gasteiger partial charge in [-0.1, -0.05) is 11.6 Å². The molecule has 0 saturated heterocycles. The molecule has 1 aliphatic heterocycles. The average molecular weight is 289 g/mol. The number of carboxylic acid groups (broad SMARTS) is 2. The van der Waals surface area contributed by atoms with Crippen LogP contribution in [0.2, 0.25) is 5.02 Å². The van der Waals surface area contributed by atoms with Crippen LogP contribution in [-0.2, 0) is 6.61 Å². The number of hydrogen-bond donors (Lipinski definition) is 4. The van der Waals surface area contributed by atoms with E-state index in [4.69, 9.17) is 26.6 Å². The zero-order valence-electron chi connectivity index (χ0n) is 9.85. The molecule has 7 nitrogen and oxygen atoms in total. The predicted octanol–water partition coefficient (Wildman–Crippen LogP) is 1.75. The molecule has 0 fully saturated rings. The quantitative estimate of drug-likeness (QED) is 0.634.